The van der Waals surface area contributed by atoms with E-state index in [4.69, 9.17) is 5.14 Å². The van der Waals surface area contributed by atoms with E-state index in [9.17, 15) is 13.2 Å². The van der Waals surface area contributed by atoms with Crippen LogP contribution in [0.3, 0.4) is 0 Å². The van der Waals surface area contributed by atoms with Crippen molar-refractivity contribution in [3.8, 4) is 5.69 Å². The Labute approximate surface area is 169 Å². The first-order chi connectivity index (χ1) is 13.7. The van der Waals surface area contributed by atoms with Crippen molar-refractivity contribution < 1.29 is 13.2 Å². The zero-order valence-electron chi connectivity index (χ0n) is 16.4. The molecule has 0 aliphatic heterocycles. The third kappa shape index (κ3) is 4.61. The number of hydrazone groups is 1. The summed E-state index contributed by atoms with van der Waals surface area (Å²) in [4.78, 5) is 12.2. The Morgan fingerprint density at radius 3 is 2.24 bits per heavy atom. The number of hydrogen-bond acceptors (Lipinski definition) is 4. The highest BCUT2D eigenvalue weighted by Crippen LogP contribution is 2.21. The number of aryl methyl sites for hydroxylation is 2. The Hall–Kier alpha value is -3.23. The van der Waals surface area contributed by atoms with Gasteiger partial charge in [0.15, 0.2) is 0 Å². The van der Waals surface area contributed by atoms with Gasteiger partial charge in [0.2, 0.25) is 10.0 Å². The average molecular weight is 410 g/mol. The van der Waals surface area contributed by atoms with Gasteiger partial charge in [-0.2, -0.15) is 5.10 Å². The number of primary sulfonamides is 1. The smallest absolute Gasteiger partial charge is 0.271 e. The maximum atomic E-state index is 12.1. The van der Waals surface area contributed by atoms with E-state index in [1.165, 1.54) is 12.1 Å². The summed E-state index contributed by atoms with van der Waals surface area (Å²) >= 11 is 0. The predicted molar refractivity (Wildman–Crippen MR) is 113 cm³/mol. The van der Waals surface area contributed by atoms with Gasteiger partial charge in [-0.05, 0) is 63.2 Å². The lowest BCUT2D eigenvalue weighted by molar-refractivity contribution is 0.0955. The standard InChI is InChI=1S/C21H22N4O3S/c1-14-4-6-17(7-5-14)21(26)24-23-13-18-12-15(2)25(16(18)3)19-8-10-20(11-9-19)29(22,27)28/h4-13H,1-3H3,(H,24,26)(H2,22,27,28)/b23-13-. The summed E-state index contributed by atoms with van der Waals surface area (Å²) in [6.45, 7) is 5.81. The maximum Gasteiger partial charge on any atom is 0.271 e. The number of rotatable bonds is 5. The van der Waals surface area contributed by atoms with Crippen LogP contribution in [0.2, 0.25) is 0 Å². The maximum absolute atomic E-state index is 12.1. The number of amides is 1. The summed E-state index contributed by atoms with van der Waals surface area (Å²) < 4.78 is 24.8. The van der Waals surface area contributed by atoms with Crippen molar-refractivity contribution in [1.82, 2.24) is 9.99 Å². The van der Waals surface area contributed by atoms with Crippen molar-refractivity contribution >= 4 is 22.1 Å². The van der Waals surface area contributed by atoms with Crippen molar-refractivity contribution in [3.63, 3.8) is 0 Å². The zero-order chi connectivity index (χ0) is 21.2. The van der Waals surface area contributed by atoms with Gasteiger partial charge >= 0.3 is 0 Å². The van der Waals surface area contributed by atoms with Crippen LogP contribution in [0.25, 0.3) is 5.69 Å². The van der Waals surface area contributed by atoms with Crippen molar-refractivity contribution in [2.45, 2.75) is 25.7 Å². The molecule has 0 atom stereocenters. The van der Waals surface area contributed by atoms with Gasteiger partial charge in [-0.1, -0.05) is 17.7 Å². The molecule has 3 aromatic rings. The van der Waals surface area contributed by atoms with Crippen molar-refractivity contribution in [3.05, 3.63) is 82.7 Å². The first-order valence-electron chi connectivity index (χ1n) is 8.89. The molecule has 29 heavy (non-hydrogen) atoms. The first kappa shape index (κ1) is 20.5. The molecule has 0 aliphatic carbocycles. The number of nitrogens with two attached hydrogens (primary N) is 1. The normalized spacial score (nSPS) is 11.7. The third-order valence-corrected chi connectivity index (χ3v) is 5.51. The lowest BCUT2D eigenvalue weighted by Crippen LogP contribution is -2.17. The second-order valence-electron chi connectivity index (χ2n) is 6.77. The Morgan fingerprint density at radius 1 is 1.03 bits per heavy atom. The van der Waals surface area contributed by atoms with Crippen LogP contribution in [0.15, 0.2) is 64.6 Å². The number of aromatic nitrogens is 1. The Bertz CT molecular complexity index is 1180. The quantitative estimate of drug-likeness (QED) is 0.499. The van der Waals surface area contributed by atoms with Crippen molar-refractivity contribution in [1.29, 1.82) is 0 Å². The van der Waals surface area contributed by atoms with Crippen molar-refractivity contribution in [2.75, 3.05) is 0 Å². The van der Waals surface area contributed by atoms with Crippen LogP contribution in [-0.2, 0) is 10.0 Å². The molecule has 0 aliphatic rings. The van der Waals surface area contributed by atoms with Crippen LogP contribution in [-0.4, -0.2) is 25.1 Å². The van der Waals surface area contributed by atoms with E-state index >= 15 is 0 Å². The van der Waals surface area contributed by atoms with Gasteiger partial charge in [0.25, 0.3) is 5.91 Å². The van der Waals surface area contributed by atoms with Gasteiger partial charge in [0.05, 0.1) is 11.1 Å². The molecular formula is C21H22N4O3S. The molecule has 3 rings (SSSR count). The molecule has 0 saturated heterocycles. The SMILES string of the molecule is Cc1ccc(C(=O)N/N=C\c2cc(C)n(-c3ccc(S(N)(=O)=O)cc3)c2C)cc1. The van der Waals surface area contributed by atoms with E-state index in [0.717, 1.165) is 28.2 Å². The molecule has 1 amide bonds. The largest absolute Gasteiger partial charge is 0.318 e. The Morgan fingerprint density at radius 2 is 1.66 bits per heavy atom. The topological polar surface area (TPSA) is 107 Å². The molecule has 0 saturated carbocycles. The summed E-state index contributed by atoms with van der Waals surface area (Å²) in [5, 5.41) is 9.21. The Kier molecular flexibility index (Phi) is 5.67. The monoisotopic (exact) mass is 410 g/mol. The molecule has 2 aromatic carbocycles. The van der Waals surface area contributed by atoms with E-state index in [1.54, 1.807) is 30.5 Å². The summed E-state index contributed by atoms with van der Waals surface area (Å²) in [5.74, 6) is -0.284. The van der Waals surface area contributed by atoms with E-state index in [2.05, 4.69) is 10.5 Å². The van der Waals surface area contributed by atoms with Crippen LogP contribution in [0.1, 0.15) is 32.9 Å². The number of sulfonamides is 1. The zero-order valence-corrected chi connectivity index (χ0v) is 17.2. The fourth-order valence-corrected chi connectivity index (χ4v) is 3.55. The molecular weight excluding hydrogens is 388 g/mol. The molecule has 1 aromatic heterocycles. The second kappa shape index (κ2) is 8.02. The Balaban J connectivity index is 1.79. The minimum Gasteiger partial charge on any atom is -0.318 e. The summed E-state index contributed by atoms with van der Waals surface area (Å²) in [6, 6.07) is 15.5. The number of nitrogens with zero attached hydrogens (tertiary/aromatic N) is 2. The minimum absolute atomic E-state index is 0.0596. The summed E-state index contributed by atoms with van der Waals surface area (Å²) in [6.07, 6.45) is 1.59. The molecule has 1 heterocycles. The lowest BCUT2D eigenvalue weighted by Gasteiger charge is -2.10. The molecule has 150 valence electrons. The molecule has 0 bridgehead atoms. The fourth-order valence-electron chi connectivity index (χ4n) is 3.03. The molecule has 8 heteroatoms. The molecule has 0 spiro atoms. The van der Waals surface area contributed by atoms with Gasteiger partial charge in [0.1, 0.15) is 0 Å². The second-order valence-corrected chi connectivity index (χ2v) is 8.33. The average Bonchev–Trinajstić information content (AvgIpc) is 2.95. The molecule has 0 radical (unpaired) electrons. The summed E-state index contributed by atoms with van der Waals surface area (Å²) in [7, 11) is -3.73. The van der Waals surface area contributed by atoms with E-state index < -0.39 is 10.0 Å². The minimum atomic E-state index is -3.73. The van der Waals surface area contributed by atoms with Gasteiger partial charge < -0.3 is 4.57 Å². The predicted octanol–water partition coefficient (Wildman–Crippen LogP) is 2.81. The van der Waals surface area contributed by atoms with Crippen molar-refractivity contribution in [2.24, 2.45) is 10.2 Å². The van der Waals surface area contributed by atoms with Crippen LogP contribution < -0.4 is 10.6 Å². The van der Waals surface area contributed by atoms with Crippen LogP contribution in [0.4, 0.5) is 0 Å². The van der Waals surface area contributed by atoms with Gasteiger partial charge in [0, 0.05) is 28.2 Å². The summed E-state index contributed by atoms with van der Waals surface area (Å²) in [5.41, 5.74) is 7.62. The highest BCUT2D eigenvalue weighted by atomic mass is 32.2. The van der Waals surface area contributed by atoms with E-state index in [-0.39, 0.29) is 10.8 Å². The van der Waals surface area contributed by atoms with E-state index in [1.807, 2.05) is 43.5 Å². The molecule has 7 nitrogen and oxygen atoms in total. The first-order valence-corrected chi connectivity index (χ1v) is 10.4. The van der Waals surface area contributed by atoms with Crippen LogP contribution in [0.5, 0.6) is 0 Å². The van der Waals surface area contributed by atoms with Gasteiger partial charge in [-0.3, -0.25) is 4.79 Å². The number of hydrogen-bond donors (Lipinski definition) is 2. The highest BCUT2D eigenvalue weighted by Gasteiger charge is 2.12. The van der Waals surface area contributed by atoms with Gasteiger partial charge in [-0.25, -0.2) is 19.0 Å². The third-order valence-electron chi connectivity index (χ3n) is 4.58. The van der Waals surface area contributed by atoms with Gasteiger partial charge in [-0.15, -0.1) is 0 Å². The van der Waals surface area contributed by atoms with Crippen LogP contribution >= 0.6 is 0 Å². The number of nitrogens with one attached hydrogen (secondary N) is 1. The number of benzene rings is 2. The number of carbonyl (C=O) groups excluding carboxylic acids is 1. The fraction of sp³-hybridized carbons (Fsp3) is 0.143. The highest BCUT2D eigenvalue weighted by molar-refractivity contribution is 7.89. The molecule has 0 fully saturated rings. The lowest BCUT2D eigenvalue weighted by atomic mass is 10.1. The van der Waals surface area contributed by atoms with Crippen LogP contribution in [0, 0.1) is 20.8 Å². The van der Waals surface area contributed by atoms with E-state index in [0.29, 0.717) is 5.56 Å². The molecule has 0 unspecified atom stereocenters. The molecule has 3 N–H and O–H groups in total. The number of carbonyl (C=O) groups is 1.